The maximum atomic E-state index is 2.52. The van der Waals surface area contributed by atoms with E-state index >= 15 is 0 Å². The molecule has 7 aromatic carbocycles. The maximum Gasteiger partial charge on any atom is 0.0541 e. The van der Waals surface area contributed by atoms with E-state index in [-0.39, 0.29) is 5.41 Å². The highest BCUT2D eigenvalue weighted by Crippen LogP contribution is 2.54. The standard InChI is InChI=1S/C51H40N2/c1-51(2)45-20-11-9-19-43(45)50-46(51)21-13-23-49(50)52(40-29-24-36(25-30-40)35-14-5-3-6-15-35)41-31-26-37(27-32-41)38-28-33-48-44(34-38)42-18-10-12-22-47(42)53(48)39-16-7-4-8-17-39/h3-26,28-31,33-34H,27,32H2,1-2H3. The minimum absolute atomic E-state index is 0.0684. The maximum absolute atomic E-state index is 2.52. The molecule has 254 valence electrons. The van der Waals surface area contributed by atoms with E-state index in [1.165, 1.54) is 89.1 Å². The van der Waals surface area contributed by atoms with Crippen LogP contribution < -0.4 is 4.90 Å². The first-order chi connectivity index (χ1) is 26.1. The molecule has 2 heteroatoms. The molecular weight excluding hydrogens is 641 g/mol. The largest absolute Gasteiger partial charge is 0.314 e. The molecular formula is C51H40N2. The van der Waals surface area contributed by atoms with Gasteiger partial charge in [0.2, 0.25) is 0 Å². The van der Waals surface area contributed by atoms with Crippen molar-refractivity contribution in [2.45, 2.75) is 32.1 Å². The van der Waals surface area contributed by atoms with Crippen molar-refractivity contribution in [2.24, 2.45) is 0 Å². The van der Waals surface area contributed by atoms with Gasteiger partial charge in [-0.25, -0.2) is 0 Å². The lowest BCUT2D eigenvalue weighted by Gasteiger charge is -2.32. The van der Waals surface area contributed by atoms with Crippen LogP contribution in [0.25, 0.3) is 55.3 Å². The first-order valence-corrected chi connectivity index (χ1v) is 18.7. The molecule has 0 fully saturated rings. The van der Waals surface area contributed by atoms with Gasteiger partial charge >= 0.3 is 0 Å². The van der Waals surface area contributed by atoms with Crippen molar-refractivity contribution >= 4 is 38.8 Å². The number of nitrogens with zero attached hydrogens (tertiary/aromatic N) is 2. The van der Waals surface area contributed by atoms with Gasteiger partial charge in [-0.1, -0.05) is 141 Å². The molecule has 2 aliphatic carbocycles. The third-order valence-electron chi connectivity index (χ3n) is 11.5. The third kappa shape index (κ3) is 5.09. The topological polar surface area (TPSA) is 8.17 Å². The van der Waals surface area contributed by atoms with Gasteiger partial charge in [-0.05, 0) is 106 Å². The van der Waals surface area contributed by atoms with Crippen molar-refractivity contribution in [3.05, 3.63) is 204 Å². The Balaban J connectivity index is 1.09. The van der Waals surface area contributed by atoms with Crippen molar-refractivity contribution in [3.63, 3.8) is 0 Å². The Bertz CT molecular complexity index is 2730. The number of para-hydroxylation sites is 2. The van der Waals surface area contributed by atoms with Crippen molar-refractivity contribution in [3.8, 4) is 27.9 Å². The van der Waals surface area contributed by atoms with Gasteiger partial charge in [0.05, 0.1) is 16.7 Å². The molecule has 0 spiro atoms. The second-order valence-electron chi connectivity index (χ2n) is 14.9. The van der Waals surface area contributed by atoms with E-state index in [2.05, 4.69) is 205 Å². The summed E-state index contributed by atoms with van der Waals surface area (Å²) in [7, 11) is 0. The van der Waals surface area contributed by atoms with E-state index in [9.17, 15) is 0 Å². The van der Waals surface area contributed by atoms with E-state index in [1.54, 1.807) is 0 Å². The predicted octanol–water partition coefficient (Wildman–Crippen LogP) is 13.7. The van der Waals surface area contributed by atoms with Gasteiger partial charge in [0, 0.05) is 38.8 Å². The molecule has 0 saturated heterocycles. The van der Waals surface area contributed by atoms with Crippen molar-refractivity contribution < 1.29 is 0 Å². The summed E-state index contributed by atoms with van der Waals surface area (Å²) in [5.41, 5.74) is 17.9. The van der Waals surface area contributed by atoms with E-state index in [4.69, 9.17) is 0 Å². The van der Waals surface area contributed by atoms with Crippen LogP contribution in [-0.2, 0) is 5.41 Å². The van der Waals surface area contributed by atoms with Crippen molar-refractivity contribution in [1.29, 1.82) is 0 Å². The van der Waals surface area contributed by atoms with Crippen molar-refractivity contribution in [1.82, 2.24) is 4.57 Å². The van der Waals surface area contributed by atoms with Crippen LogP contribution >= 0.6 is 0 Å². The van der Waals surface area contributed by atoms with Crippen LogP contribution in [0, 0.1) is 0 Å². The second kappa shape index (κ2) is 12.4. The number of allylic oxidation sites excluding steroid dienone is 4. The number of anilines is 2. The highest BCUT2D eigenvalue weighted by Gasteiger charge is 2.38. The van der Waals surface area contributed by atoms with Crippen LogP contribution in [0.15, 0.2) is 188 Å². The van der Waals surface area contributed by atoms with Gasteiger partial charge in [-0.3, -0.25) is 0 Å². The van der Waals surface area contributed by atoms with Crippen LogP contribution in [0.3, 0.4) is 0 Å². The Morgan fingerprint density at radius 1 is 0.509 bits per heavy atom. The zero-order valence-corrected chi connectivity index (χ0v) is 30.1. The fraction of sp³-hybridized carbons (Fsp3) is 0.0980. The molecule has 0 radical (unpaired) electrons. The Morgan fingerprint density at radius 3 is 1.96 bits per heavy atom. The highest BCUT2D eigenvalue weighted by atomic mass is 15.2. The van der Waals surface area contributed by atoms with Crippen LogP contribution in [0.2, 0.25) is 0 Å². The minimum atomic E-state index is -0.0684. The molecule has 53 heavy (non-hydrogen) atoms. The lowest BCUT2D eigenvalue weighted by Crippen LogP contribution is -2.19. The van der Waals surface area contributed by atoms with E-state index in [0.717, 1.165) is 12.8 Å². The summed E-state index contributed by atoms with van der Waals surface area (Å²) in [6, 6.07) is 62.2. The molecule has 0 amide bonds. The number of benzene rings is 7. The SMILES string of the molecule is CC1(C)c2ccccc2-c2c(N(C3=CC=C(c4ccc5c(c4)c4ccccc4n5-c4ccccc4)CC3)c3ccc(-c4ccccc4)cc3)cccc21. The van der Waals surface area contributed by atoms with Gasteiger partial charge in [0.1, 0.15) is 0 Å². The predicted molar refractivity (Wildman–Crippen MR) is 224 cm³/mol. The average Bonchev–Trinajstić information content (AvgIpc) is 3.68. The van der Waals surface area contributed by atoms with E-state index in [0.29, 0.717) is 0 Å². The van der Waals surface area contributed by atoms with Gasteiger partial charge in [0.25, 0.3) is 0 Å². The Kier molecular flexibility index (Phi) is 7.33. The molecule has 0 saturated carbocycles. The molecule has 10 rings (SSSR count). The number of aromatic nitrogens is 1. The molecule has 0 N–H and O–H groups in total. The normalized spacial score (nSPS) is 14.5. The van der Waals surface area contributed by atoms with Crippen LogP contribution in [0.1, 0.15) is 43.4 Å². The third-order valence-corrected chi connectivity index (χ3v) is 11.5. The summed E-state index contributed by atoms with van der Waals surface area (Å²) in [6.45, 7) is 4.73. The van der Waals surface area contributed by atoms with E-state index < -0.39 is 0 Å². The van der Waals surface area contributed by atoms with E-state index in [1.807, 2.05) is 0 Å². The van der Waals surface area contributed by atoms with Crippen LogP contribution in [0.5, 0.6) is 0 Å². The molecule has 0 aliphatic heterocycles. The second-order valence-corrected chi connectivity index (χ2v) is 14.9. The lowest BCUT2D eigenvalue weighted by molar-refractivity contribution is 0.660. The Hall–Kier alpha value is -6.38. The molecule has 0 bridgehead atoms. The molecule has 0 unspecified atom stereocenters. The summed E-state index contributed by atoms with van der Waals surface area (Å²) in [4.78, 5) is 2.52. The van der Waals surface area contributed by atoms with Gasteiger partial charge in [-0.15, -0.1) is 0 Å². The number of rotatable bonds is 6. The first-order valence-electron chi connectivity index (χ1n) is 18.7. The number of hydrogen-bond donors (Lipinski definition) is 0. The fourth-order valence-corrected chi connectivity index (χ4v) is 8.90. The first kappa shape index (κ1) is 31.4. The number of fused-ring (bicyclic) bond motifs is 6. The molecule has 1 aromatic heterocycles. The van der Waals surface area contributed by atoms with Gasteiger partial charge in [0.15, 0.2) is 0 Å². The monoisotopic (exact) mass is 680 g/mol. The Labute approximate surface area is 311 Å². The summed E-state index contributed by atoms with van der Waals surface area (Å²) in [6.07, 6.45) is 6.63. The molecule has 2 nitrogen and oxygen atoms in total. The van der Waals surface area contributed by atoms with Crippen LogP contribution in [0.4, 0.5) is 11.4 Å². The molecule has 1 heterocycles. The van der Waals surface area contributed by atoms with Crippen molar-refractivity contribution in [2.75, 3.05) is 4.90 Å². The lowest BCUT2D eigenvalue weighted by atomic mass is 9.82. The summed E-state index contributed by atoms with van der Waals surface area (Å²) in [5, 5.41) is 2.57. The summed E-state index contributed by atoms with van der Waals surface area (Å²) >= 11 is 0. The van der Waals surface area contributed by atoms with Gasteiger partial charge in [-0.2, -0.15) is 0 Å². The summed E-state index contributed by atoms with van der Waals surface area (Å²) < 4.78 is 2.39. The smallest absolute Gasteiger partial charge is 0.0541 e. The van der Waals surface area contributed by atoms with Crippen LogP contribution in [-0.4, -0.2) is 4.57 Å². The highest BCUT2D eigenvalue weighted by molar-refractivity contribution is 6.10. The minimum Gasteiger partial charge on any atom is -0.314 e. The zero-order valence-electron chi connectivity index (χ0n) is 30.1. The molecule has 2 aliphatic rings. The average molecular weight is 681 g/mol. The van der Waals surface area contributed by atoms with Gasteiger partial charge < -0.3 is 9.47 Å². The fourth-order valence-electron chi connectivity index (χ4n) is 8.90. The number of hydrogen-bond acceptors (Lipinski definition) is 1. The molecule has 8 aromatic rings. The molecule has 0 atom stereocenters. The quantitative estimate of drug-likeness (QED) is 0.170. The Morgan fingerprint density at radius 2 is 1.17 bits per heavy atom. The summed E-state index contributed by atoms with van der Waals surface area (Å²) in [5.74, 6) is 0. The zero-order chi connectivity index (χ0) is 35.5.